The summed E-state index contributed by atoms with van der Waals surface area (Å²) in [7, 11) is 1.29. The van der Waals surface area contributed by atoms with Crippen LogP contribution >= 0.6 is 11.3 Å². The summed E-state index contributed by atoms with van der Waals surface area (Å²) < 4.78 is 4.66. The number of thiazole rings is 1. The fourth-order valence-corrected chi connectivity index (χ4v) is 2.37. The van der Waals surface area contributed by atoms with E-state index < -0.39 is 5.97 Å². The van der Waals surface area contributed by atoms with Gasteiger partial charge < -0.3 is 4.74 Å². The number of carbonyl (C=O) groups excluding carboxylic acids is 2. The normalized spacial score (nSPS) is 10.1. The number of ketones is 1. The maximum atomic E-state index is 12.2. The molecule has 0 fully saturated rings. The summed E-state index contributed by atoms with van der Waals surface area (Å²) in [4.78, 5) is 28.2. The molecule has 0 N–H and O–H groups in total. The predicted molar refractivity (Wildman–Crippen MR) is 68.1 cm³/mol. The molecule has 0 bridgehead atoms. The summed E-state index contributed by atoms with van der Waals surface area (Å²) >= 11 is 1.16. The Morgan fingerprint density at radius 3 is 2.50 bits per heavy atom. The number of hydrogen-bond donors (Lipinski definition) is 0. The molecule has 0 aliphatic carbocycles. The van der Waals surface area contributed by atoms with E-state index in [1.807, 2.05) is 6.07 Å². The van der Waals surface area contributed by atoms with Crippen LogP contribution in [-0.4, -0.2) is 23.8 Å². The van der Waals surface area contributed by atoms with Crippen molar-refractivity contribution in [2.24, 2.45) is 0 Å². The lowest BCUT2D eigenvalue weighted by atomic mass is 10.1. The topological polar surface area (TPSA) is 56.3 Å². The van der Waals surface area contributed by atoms with Gasteiger partial charge >= 0.3 is 5.97 Å². The van der Waals surface area contributed by atoms with Gasteiger partial charge in [-0.2, -0.15) is 0 Å². The molecule has 0 saturated carbocycles. The molecule has 0 atom stereocenters. The third-order valence-corrected chi connectivity index (χ3v) is 3.31. The van der Waals surface area contributed by atoms with Gasteiger partial charge in [0.05, 0.1) is 12.1 Å². The summed E-state index contributed by atoms with van der Waals surface area (Å²) in [6, 6.07) is 8.75. The number of methoxy groups -OCH3 is 1. The molecule has 18 heavy (non-hydrogen) atoms. The highest BCUT2D eigenvalue weighted by atomic mass is 32.1. The third-order valence-electron chi connectivity index (χ3n) is 2.36. The molecular weight excluding hydrogens is 250 g/mol. The van der Waals surface area contributed by atoms with Crippen LogP contribution < -0.4 is 0 Å². The molecule has 1 aromatic heterocycles. The molecule has 0 saturated heterocycles. The Bertz CT molecular complexity index is 590. The van der Waals surface area contributed by atoms with Crippen molar-refractivity contribution >= 4 is 23.1 Å². The minimum atomic E-state index is -0.528. The number of carbonyl (C=O) groups is 2. The van der Waals surface area contributed by atoms with Crippen LogP contribution in [0.15, 0.2) is 30.3 Å². The number of aromatic nitrogens is 1. The van der Waals surface area contributed by atoms with Crippen molar-refractivity contribution in [1.82, 2.24) is 4.98 Å². The number of esters is 1. The molecule has 4 nitrogen and oxygen atoms in total. The van der Waals surface area contributed by atoms with E-state index in [-0.39, 0.29) is 16.4 Å². The Balaban J connectivity index is 2.45. The first-order valence-corrected chi connectivity index (χ1v) is 6.10. The molecule has 0 aliphatic rings. The Morgan fingerprint density at radius 1 is 1.22 bits per heavy atom. The molecule has 0 spiro atoms. The molecule has 1 aromatic carbocycles. The van der Waals surface area contributed by atoms with E-state index in [1.54, 1.807) is 31.2 Å². The van der Waals surface area contributed by atoms with Crippen LogP contribution in [0.3, 0.4) is 0 Å². The second-order valence-corrected chi connectivity index (χ2v) is 4.80. The zero-order chi connectivity index (χ0) is 13.1. The van der Waals surface area contributed by atoms with E-state index in [0.717, 1.165) is 11.3 Å². The Labute approximate surface area is 108 Å². The van der Waals surface area contributed by atoms with Gasteiger partial charge in [0.15, 0.2) is 0 Å². The van der Waals surface area contributed by atoms with Crippen LogP contribution in [0.5, 0.6) is 0 Å². The van der Waals surface area contributed by atoms with Crippen molar-refractivity contribution in [3.05, 3.63) is 51.5 Å². The first kappa shape index (κ1) is 12.4. The van der Waals surface area contributed by atoms with E-state index in [9.17, 15) is 9.59 Å². The van der Waals surface area contributed by atoms with Gasteiger partial charge in [0.25, 0.3) is 0 Å². The molecule has 0 amide bonds. The summed E-state index contributed by atoms with van der Waals surface area (Å²) in [5.74, 6) is -0.791. The third kappa shape index (κ3) is 2.31. The van der Waals surface area contributed by atoms with Gasteiger partial charge in [0.1, 0.15) is 10.6 Å². The molecule has 92 valence electrons. The first-order chi connectivity index (χ1) is 8.63. The highest BCUT2D eigenvalue weighted by Crippen LogP contribution is 2.21. The summed E-state index contributed by atoms with van der Waals surface area (Å²) in [6.45, 7) is 1.75. The van der Waals surface area contributed by atoms with Crippen LogP contribution in [-0.2, 0) is 4.74 Å². The van der Waals surface area contributed by atoms with E-state index >= 15 is 0 Å². The Kier molecular flexibility index (Phi) is 3.53. The second-order valence-electron chi connectivity index (χ2n) is 3.60. The van der Waals surface area contributed by atoms with Crippen LogP contribution in [0.1, 0.15) is 30.7 Å². The molecule has 0 radical (unpaired) electrons. The zero-order valence-corrected chi connectivity index (χ0v) is 10.8. The standard InChI is InChI=1S/C13H11NO3S/c1-8-14-10(12(18-8)13(16)17-2)11(15)9-6-4-3-5-7-9/h3-7H,1-2H3. The largest absolute Gasteiger partial charge is 0.465 e. The lowest BCUT2D eigenvalue weighted by Gasteiger charge is -2.00. The molecule has 0 aliphatic heterocycles. The average Bonchev–Trinajstić information content (AvgIpc) is 2.80. The smallest absolute Gasteiger partial charge is 0.350 e. The van der Waals surface area contributed by atoms with Crippen LogP contribution in [0.2, 0.25) is 0 Å². The fourth-order valence-electron chi connectivity index (χ4n) is 1.54. The van der Waals surface area contributed by atoms with Crippen molar-refractivity contribution < 1.29 is 14.3 Å². The number of nitrogens with zero attached hydrogens (tertiary/aromatic N) is 1. The van der Waals surface area contributed by atoms with E-state index in [0.29, 0.717) is 10.6 Å². The molecule has 2 aromatic rings. The number of ether oxygens (including phenoxy) is 1. The number of rotatable bonds is 3. The minimum absolute atomic E-state index is 0.163. The minimum Gasteiger partial charge on any atom is -0.465 e. The lowest BCUT2D eigenvalue weighted by Crippen LogP contribution is -2.09. The maximum Gasteiger partial charge on any atom is 0.350 e. The van der Waals surface area contributed by atoms with Gasteiger partial charge in [-0.25, -0.2) is 9.78 Å². The Morgan fingerprint density at radius 2 is 1.89 bits per heavy atom. The second kappa shape index (κ2) is 5.10. The lowest BCUT2D eigenvalue weighted by molar-refractivity contribution is 0.0603. The van der Waals surface area contributed by atoms with E-state index in [1.165, 1.54) is 7.11 Å². The predicted octanol–water partition coefficient (Wildman–Crippen LogP) is 2.47. The number of hydrogen-bond acceptors (Lipinski definition) is 5. The van der Waals surface area contributed by atoms with E-state index in [4.69, 9.17) is 0 Å². The van der Waals surface area contributed by atoms with Crippen LogP contribution in [0.25, 0.3) is 0 Å². The highest BCUT2D eigenvalue weighted by molar-refractivity contribution is 7.13. The number of aryl methyl sites for hydroxylation is 1. The molecule has 1 heterocycles. The van der Waals surface area contributed by atoms with Gasteiger partial charge in [0, 0.05) is 5.56 Å². The molecule has 2 rings (SSSR count). The zero-order valence-electron chi connectivity index (χ0n) is 9.97. The monoisotopic (exact) mass is 261 g/mol. The summed E-state index contributed by atoms with van der Waals surface area (Å²) in [5, 5.41) is 0.662. The van der Waals surface area contributed by atoms with Gasteiger partial charge in [-0.1, -0.05) is 30.3 Å². The Hall–Kier alpha value is -2.01. The first-order valence-electron chi connectivity index (χ1n) is 5.29. The van der Waals surface area contributed by atoms with Crippen molar-refractivity contribution in [2.75, 3.05) is 7.11 Å². The van der Waals surface area contributed by atoms with Crippen molar-refractivity contribution in [2.45, 2.75) is 6.92 Å². The van der Waals surface area contributed by atoms with Crippen LogP contribution in [0, 0.1) is 6.92 Å². The number of benzene rings is 1. The van der Waals surface area contributed by atoms with Crippen molar-refractivity contribution in [1.29, 1.82) is 0 Å². The van der Waals surface area contributed by atoms with Gasteiger partial charge in [-0.3, -0.25) is 4.79 Å². The SMILES string of the molecule is COC(=O)c1sc(C)nc1C(=O)c1ccccc1. The summed E-state index contributed by atoms with van der Waals surface area (Å²) in [5.41, 5.74) is 0.670. The van der Waals surface area contributed by atoms with E-state index in [2.05, 4.69) is 9.72 Å². The molecule has 5 heteroatoms. The molecular formula is C13H11NO3S. The average molecular weight is 261 g/mol. The van der Waals surface area contributed by atoms with Gasteiger partial charge in [-0.15, -0.1) is 11.3 Å². The molecule has 0 unspecified atom stereocenters. The maximum absolute atomic E-state index is 12.2. The van der Waals surface area contributed by atoms with Crippen molar-refractivity contribution in [3.8, 4) is 0 Å². The highest BCUT2D eigenvalue weighted by Gasteiger charge is 2.23. The fraction of sp³-hybridized carbons (Fsp3) is 0.154. The van der Waals surface area contributed by atoms with Gasteiger partial charge in [-0.05, 0) is 6.92 Å². The quantitative estimate of drug-likeness (QED) is 0.629. The summed E-state index contributed by atoms with van der Waals surface area (Å²) in [6.07, 6.45) is 0. The van der Waals surface area contributed by atoms with Gasteiger partial charge in [0.2, 0.25) is 5.78 Å². The van der Waals surface area contributed by atoms with Crippen LogP contribution in [0.4, 0.5) is 0 Å². The van der Waals surface area contributed by atoms with Crippen molar-refractivity contribution in [3.63, 3.8) is 0 Å².